The van der Waals surface area contributed by atoms with Crippen LogP contribution in [0, 0.1) is 6.92 Å². The van der Waals surface area contributed by atoms with Crippen LogP contribution in [-0.4, -0.2) is 11.5 Å². The fraction of sp³-hybridized carbons (Fsp3) is 0.200. The van der Waals surface area contributed by atoms with E-state index >= 15 is 0 Å². The molecule has 2 rings (SSSR count). The van der Waals surface area contributed by atoms with Gasteiger partial charge in [-0.1, -0.05) is 23.2 Å². The van der Waals surface area contributed by atoms with Crippen LogP contribution in [0.25, 0.3) is 0 Å². The number of anilines is 1. The molecule has 106 valence electrons. The van der Waals surface area contributed by atoms with Crippen molar-refractivity contribution < 1.29 is 0 Å². The van der Waals surface area contributed by atoms with Crippen LogP contribution in [0.2, 0.25) is 10.0 Å². The van der Waals surface area contributed by atoms with Gasteiger partial charge in [-0.2, -0.15) is 0 Å². The van der Waals surface area contributed by atoms with Gasteiger partial charge < -0.3 is 5.73 Å². The molecule has 0 atom stereocenters. The third-order valence-corrected chi connectivity index (χ3v) is 5.73. The summed E-state index contributed by atoms with van der Waals surface area (Å²) < 4.78 is 0. The van der Waals surface area contributed by atoms with Crippen LogP contribution in [-0.2, 0) is 0 Å². The van der Waals surface area contributed by atoms with E-state index in [0.29, 0.717) is 0 Å². The first kappa shape index (κ1) is 15.9. The van der Waals surface area contributed by atoms with Crippen molar-refractivity contribution in [1.29, 1.82) is 0 Å². The lowest BCUT2D eigenvalue weighted by molar-refractivity contribution is 1.35. The molecule has 0 amide bonds. The van der Waals surface area contributed by atoms with Gasteiger partial charge in [0.1, 0.15) is 0 Å². The molecule has 0 aliphatic rings. The second-order valence-corrected chi connectivity index (χ2v) is 7.44. The first-order valence-corrected chi connectivity index (χ1v) is 8.86. The van der Waals surface area contributed by atoms with E-state index in [1.54, 1.807) is 17.8 Å². The SMILES string of the molecule is Cc1cc(SCCSc2cc(Cl)ccc2Cl)ccc1N. The van der Waals surface area contributed by atoms with Crippen LogP contribution in [0.3, 0.4) is 0 Å². The van der Waals surface area contributed by atoms with E-state index in [9.17, 15) is 0 Å². The van der Waals surface area contributed by atoms with Gasteiger partial charge in [0.05, 0.1) is 5.02 Å². The number of hydrogen-bond acceptors (Lipinski definition) is 3. The Kier molecular flexibility index (Phi) is 5.97. The molecule has 0 radical (unpaired) electrons. The molecule has 2 aromatic rings. The molecule has 0 bridgehead atoms. The van der Waals surface area contributed by atoms with Crippen molar-refractivity contribution in [3.8, 4) is 0 Å². The van der Waals surface area contributed by atoms with Gasteiger partial charge in [0.25, 0.3) is 0 Å². The van der Waals surface area contributed by atoms with Crippen molar-refractivity contribution in [2.24, 2.45) is 0 Å². The molecular formula is C15H15Cl2NS2. The van der Waals surface area contributed by atoms with E-state index in [1.807, 2.05) is 36.9 Å². The van der Waals surface area contributed by atoms with Crippen molar-refractivity contribution in [2.45, 2.75) is 16.7 Å². The molecule has 0 saturated carbocycles. The monoisotopic (exact) mass is 343 g/mol. The van der Waals surface area contributed by atoms with Gasteiger partial charge in [0.15, 0.2) is 0 Å². The quantitative estimate of drug-likeness (QED) is 0.424. The number of hydrogen-bond donors (Lipinski definition) is 1. The Labute approximate surface area is 138 Å². The number of nitrogen functional groups attached to an aromatic ring is 1. The lowest BCUT2D eigenvalue weighted by Crippen LogP contribution is -1.90. The summed E-state index contributed by atoms with van der Waals surface area (Å²) in [7, 11) is 0. The molecule has 20 heavy (non-hydrogen) atoms. The van der Waals surface area contributed by atoms with Gasteiger partial charge in [-0.3, -0.25) is 0 Å². The summed E-state index contributed by atoms with van der Waals surface area (Å²) in [5.41, 5.74) is 7.78. The minimum absolute atomic E-state index is 0.721. The van der Waals surface area contributed by atoms with Gasteiger partial charge in [0.2, 0.25) is 0 Å². The first-order chi connectivity index (χ1) is 9.56. The largest absolute Gasteiger partial charge is 0.399 e. The third kappa shape index (κ3) is 4.52. The number of rotatable bonds is 5. The summed E-state index contributed by atoms with van der Waals surface area (Å²) in [6, 6.07) is 11.7. The van der Waals surface area contributed by atoms with Crippen LogP contribution in [0.5, 0.6) is 0 Å². The van der Waals surface area contributed by atoms with Gasteiger partial charge >= 0.3 is 0 Å². The number of nitrogens with two attached hydrogens (primary N) is 1. The zero-order valence-electron chi connectivity index (χ0n) is 11.0. The van der Waals surface area contributed by atoms with Crippen molar-refractivity contribution in [3.63, 3.8) is 0 Å². The molecule has 0 fully saturated rings. The van der Waals surface area contributed by atoms with E-state index in [4.69, 9.17) is 28.9 Å². The van der Waals surface area contributed by atoms with Crippen molar-refractivity contribution in [1.82, 2.24) is 0 Å². The molecule has 1 nitrogen and oxygen atoms in total. The van der Waals surface area contributed by atoms with Crippen molar-refractivity contribution in [3.05, 3.63) is 52.0 Å². The first-order valence-electron chi connectivity index (χ1n) is 6.13. The summed E-state index contributed by atoms with van der Waals surface area (Å²) in [4.78, 5) is 2.28. The average Bonchev–Trinajstić information content (AvgIpc) is 2.42. The third-order valence-electron chi connectivity index (χ3n) is 2.74. The Bertz CT molecular complexity index is 602. The van der Waals surface area contributed by atoms with Crippen molar-refractivity contribution in [2.75, 3.05) is 17.2 Å². The molecule has 0 saturated heterocycles. The normalized spacial score (nSPS) is 10.8. The lowest BCUT2D eigenvalue weighted by Gasteiger charge is -2.06. The van der Waals surface area contributed by atoms with Crippen LogP contribution in [0.15, 0.2) is 46.2 Å². The van der Waals surface area contributed by atoms with Crippen LogP contribution in [0.1, 0.15) is 5.56 Å². The number of aryl methyl sites for hydroxylation is 1. The highest BCUT2D eigenvalue weighted by atomic mass is 35.5. The van der Waals surface area contributed by atoms with Gasteiger partial charge in [-0.05, 0) is 48.9 Å². The topological polar surface area (TPSA) is 26.0 Å². The fourth-order valence-electron chi connectivity index (χ4n) is 1.64. The molecule has 0 aliphatic carbocycles. The smallest absolute Gasteiger partial charge is 0.0542 e. The fourth-order valence-corrected chi connectivity index (χ4v) is 4.12. The summed E-state index contributed by atoms with van der Waals surface area (Å²) in [6.45, 7) is 2.03. The maximum Gasteiger partial charge on any atom is 0.0542 e. The van der Waals surface area contributed by atoms with Crippen LogP contribution in [0.4, 0.5) is 5.69 Å². The number of halogens is 2. The number of thioether (sulfide) groups is 2. The molecule has 0 aromatic heterocycles. The number of benzene rings is 2. The van der Waals surface area contributed by atoms with Gasteiger partial charge in [0, 0.05) is 32.0 Å². The standard InChI is InChI=1S/C15H15Cl2NS2/c1-10-8-12(3-5-14(10)18)19-6-7-20-15-9-11(16)2-4-13(15)17/h2-5,8-9H,6-7,18H2,1H3. The Morgan fingerprint density at radius 2 is 1.75 bits per heavy atom. The molecule has 2 aromatic carbocycles. The van der Waals surface area contributed by atoms with Crippen LogP contribution < -0.4 is 5.73 Å². The summed E-state index contributed by atoms with van der Waals surface area (Å²) in [5.74, 6) is 1.99. The Hall–Kier alpha value is -0.480. The molecule has 0 aliphatic heterocycles. The van der Waals surface area contributed by atoms with E-state index < -0.39 is 0 Å². The average molecular weight is 344 g/mol. The van der Waals surface area contributed by atoms with Gasteiger partial charge in [-0.25, -0.2) is 0 Å². The maximum absolute atomic E-state index is 6.13. The highest BCUT2D eigenvalue weighted by Gasteiger charge is 2.03. The van der Waals surface area contributed by atoms with E-state index in [2.05, 4.69) is 12.1 Å². The van der Waals surface area contributed by atoms with Gasteiger partial charge in [-0.15, -0.1) is 23.5 Å². The zero-order chi connectivity index (χ0) is 14.5. The summed E-state index contributed by atoms with van der Waals surface area (Å²) >= 11 is 15.6. The van der Waals surface area contributed by atoms with Crippen molar-refractivity contribution >= 4 is 52.4 Å². The predicted molar refractivity (Wildman–Crippen MR) is 93.5 cm³/mol. The zero-order valence-corrected chi connectivity index (χ0v) is 14.2. The highest BCUT2D eigenvalue weighted by molar-refractivity contribution is 8.03. The Balaban J connectivity index is 1.84. The Morgan fingerprint density at radius 3 is 2.50 bits per heavy atom. The molecule has 0 unspecified atom stereocenters. The minimum atomic E-state index is 0.721. The summed E-state index contributed by atoms with van der Waals surface area (Å²) in [5, 5.41) is 1.48. The highest BCUT2D eigenvalue weighted by Crippen LogP contribution is 2.31. The molecule has 0 heterocycles. The second-order valence-electron chi connectivity index (χ2n) is 4.29. The molecular weight excluding hydrogens is 329 g/mol. The second kappa shape index (κ2) is 7.51. The van der Waals surface area contributed by atoms with E-state index in [0.717, 1.165) is 37.7 Å². The molecule has 0 spiro atoms. The van der Waals surface area contributed by atoms with E-state index in [1.165, 1.54) is 4.90 Å². The molecule has 2 N–H and O–H groups in total. The Morgan fingerprint density at radius 1 is 1.00 bits per heavy atom. The maximum atomic E-state index is 6.13. The van der Waals surface area contributed by atoms with E-state index in [-0.39, 0.29) is 0 Å². The lowest BCUT2D eigenvalue weighted by atomic mass is 10.2. The molecule has 5 heteroatoms. The minimum Gasteiger partial charge on any atom is -0.399 e. The predicted octanol–water partition coefficient (Wildman–Crippen LogP) is 5.77. The van der Waals surface area contributed by atoms with Crippen LogP contribution >= 0.6 is 46.7 Å². The summed E-state index contributed by atoms with van der Waals surface area (Å²) in [6.07, 6.45) is 0.